The average molecular weight is 990 g/mol. The van der Waals surface area contributed by atoms with Gasteiger partial charge >= 0.3 is 0 Å². The van der Waals surface area contributed by atoms with Gasteiger partial charge in [0.2, 0.25) is 11.9 Å². The molecule has 20 nitrogen and oxygen atoms in total. The quantitative estimate of drug-likeness (QED) is 0.120. The summed E-state index contributed by atoms with van der Waals surface area (Å²) >= 11 is 0. The van der Waals surface area contributed by atoms with Crippen molar-refractivity contribution in [2.75, 3.05) is 37.9 Å². The molecule has 10 rings (SSSR count). The van der Waals surface area contributed by atoms with Gasteiger partial charge in [-0.2, -0.15) is 10.2 Å². The number of nitrogens with one attached hydrogen (secondary N) is 2. The van der Waals surface area contributed by atoms with E-state index >= 15 is 0 Å². The smallest absolute Gasteiger partial charge is 0.290 e. The van der Waals surface area contributed by atoms with E-state index in [1.165, 1.54) is 49.1 Å². The van der Waals surface area contributed by atoms with E-state index in [1.807, 2.05) is 6.92 Å². The van der Waals surface area contributed by atoms with Crippen LogP contribution in [0.25, 0.3) is 22.8 Å². The second kappa shape index (κ2) is 20.6. The monoisotopic (exact) mass is 990 g/mol. The summed E-state index contributed by atoms with van der Waals surface area (Å²) in [5.41, 5.74) is 3.24. The predicted octanol–water partition coefficient (Wildman–Crippen LogP) is 6.49. The zero-order chi connectivity index (χ0) is 58.7. The highest BCUT2D eigenvalue weighted by molar-refractivity contribution is 5.93. The third kappa shape index (κ3) is 10.2. The minimum Gasteiger partial charge on any atom is -0.382 e. The Morgan fingerprint density at radius 2 is 1.14 bits per heavy atom. The molecule has 8 heterocycles. The standard InChI is InChI=1S/2C25H27FN8O2/c2*1-15-5-6-17(9-19(15)26)11-34-18(14-36-4)12-33-13-20(29-23(33)24(34)35)22-16(2)10-27-25(31-22)30-21-7-8-28-32(21)3/h2*5-10,13,18H,11-12,14H2,1-4H3,(H,27,30,31)/i4D3,11D2,14D2;11D2. The topological polar surface area (TPSA) is 206 Å². The summed E-state index contributed by atoms with van der Waals surface area (Å²) in [6, 6.07) is 8.67. The summed E-state index contributed by atoms with van der Waals surface area (Å²) in [6.07, 6.45) is 9.60. The van der Waals surface area contributed by atoms with Gasteiger partial charge < -0.3 is 39.0 Å². The lowest BCUT2D eigenvalue weighted by Crippen LogP contribution is -2.49. The molecule has 6 aromatic heterocycles. The molecule has 0 fully saturated rings. The van der Waals surface area contributed by atoms with Crippen LogP contribution in [0, 0.1) is 39.3 Å². The fourth-order valence-electron chi connectivity index (χ4n) is 7.88. The van der Waals surface area contributed by atoms with Crippen LogP contribution in [0.3, 0.4) is 0 Å². The van der Waals surface area contributed by atoms with Crippen LogP contribution >= 0.6 is 0 Å². The highest BCUT2D eigenvalue weighted by Crippen LogP contribution is 2.30. The number of aromatic nitrogens is 12. The van der Waals surface area contributed by atoms with Gasteiger partial charge in [0.05, 0.1) is 61.4 Å². The van der Waals surface area contributed by atoms with E-state index < -0.39 is 68.7 Å². The minimum absolute atomic E-state index is 0.0350. The van der Waals surface area contributed by atoms with Gasteiger partial charge in [0, 0.05) is 91.2 Å². The van der Waals surface area contributed by atoms with E-state index in [9.17, 15) is 18.4 Å². The number of ether oxygens (including phenoxy) is 2. The molecule has 22 heteroatoms. The van der Waals surface area contributed by atoms with E-state index in [0.717, 1.165) is 22.6 Å². The van der Waals surface area contributed by atoms with Crippen LogP contribution < -0.4 is 10.6 Å². The van der Waals surface area contributed by atoms with Gasteiger partial charge in [-0.05, 0) is 73.2 Å². The third-order valence-corrected chi connectivity index (χ3v) is 11.8. The lowest BCUT2D eigenvalue weighted by Gasteiger charge is -2.35. The number of nitrogens with zero attached hydrogens (tertiary/aromatic N) is 14. The maximum Gasteiger partial charge on any atom is 0.290 e. The maximum absolute atomic E-state index is 14.5. The Labute approximate surface area is 426 Å². The minimum atomic E-state index is -3.21. The summed E-state index contributed by atoms with van der Waals surface area (Å²) in [7, 11) is 1.79. The molecule has 2 aliphatic rings. The van der Waals surface area contributed by atoms with Gasteiger partial charge in [-0.25, -0.2) is 38.7 Å². The van der Waals surface area contributed by atoms with E-state index in [4.69, 9.17) is 21.8 Å². The van der Waals surface area contributed by atoms with E-state index in [-0.39, 0.29) is 53.1 Å². The van der Waals surface area contributed by atoms with Gasteiger partial charge in [-0.1, -0.05) is 24.3 Å². The van der Waals surface area contributed by atoms with Crippen molar-refractivity contribution in [3.63, 3.8) is 0 Å². The van der Waals surface area contributed by atoms with Crippen molar-refractivity contribution >= 4 is 35.3 Å². The van der Waals surface area contributed by atoms with Crippen molar-refractivity contribution in [2.24, 2.45) is 14.1 Å². The van der Waals surface area contributed by atoms with Gasteiger partial charge in [0.15, 0.2) is 11.6 Å². The molecule has 2 atom stereocenters. The average Bonchev–Trinajstić information content (AvgIpc) is 3.36. The molecular formula is C50H54F2N16O4. The van der Waals surface area contributed by atoms with Crippen molar-refractivity contribution in [3.05, 3.63) is 142 Å². The van der Waals surface area contributed by atoms with E-state index in [0.29, 0.717) is 50.7 Å². The van der Waals surface area contributed by atoms with Crippen LogP contribution in [-0.4, -0.2) is 120 Å². The molecule has 0 radical (unpaired) electrons. The third-order valence-electron chi connectivity index (χ3n) is 11.8. The molecule has 0 saturated carbocycles. The molecule has 0 spiro atoms. The molecule has 2 amide bonds. The molecule has 72 heavy (non-hydrogen) atoms. The Morgan fingerprint density at radius 1 is 0.667 bits per heavy atom. The molecule has 0 saturated heterocycles. The largest absolute Gasteiger partial charge is 0.382 e. The lowest BCUT2D eigenvalue weighted by molar-refractivity contribution is 0.0376. The van der Waals surface area contributed by atoms with Crippen molar-refractivity contribution in [1.29, 1.82) is 0 Å². The molecule has 2 unspecified atom stereocenters. The first-order valence-corrected chi connectivity index (χ1v) is 22.3. The van der Waals surface area contributed by atoms with Crippen molar-refractivity contribution in [2.45, 2.75) is 65.9 Å². The van der Waals surface area contributed by atoms with Gasteiger partial charge in [-0.3, -0.25) is 19.0 Å². The molecule has 2 N–H and O–H groups in total. The fraction of sp³-hybridized carbons (Fsp3) is 0.320. The van der Waals surface area contributed by atoms with E-state index in [1.54, 1.807) is 85.0 Å². The molecule has 2 aliphatic heterocycles. The van der Waals surface area contributed by atoms with Crippen LogP contribution in [0.1, 0.15) is 67.0 Å². The van der Waals surface area contributed by atoms with Crippen LogP contribution in [0.15, 0.2) is 85.7 Å². The molecular weight excluding hydrogens is 927 g/mol. The predicted molar refractivity (Wildman–Crippen MR) is 262 cm³/mol. The first kappa shape index (κ1) is 38.5. The number of anilines is 4. The van der Waals surface area contributed by atoms with E-state index in [2.05, 4.69) is 50.7 Å². The fourth-order valence-corrected chi connectivity index (χ4v) is 7.88. The number of carbonyl (C=O) groups is 2. The summed E-state index contributed by atoms with van der Waals surface area (Å²) in [5, 5.41) is 14.3. The number of hydrogen-bond acceptors (Lipinski definition) is 14. The van der Waals surface area contributed by atoms with Gasteiger partial charge in [0.25, 0.3) is 11.8 Å². The van der Waals surface area contributed by atoms with Crippen LogP contribution in [-0.2, 0) is 49.7 Å². The van der Waals surface area contributed by atoms with Crippen LogP contribution in [0.5, 0.6) is 0 Å². The van der Waals surface area contributed by atoms with Crippen molar-refractivity contribution in [3.8, 4) is 22.8 Å². The highest BCUT2D eigenvalue weighted by atomic mass is 19.1. The number of fused-ring (bicyclic) bond motifs is 2. The molecule has 0 bridgehead atoms. The molecule has 0 aliphatic carbocycles. The summed E-state index contributed by atoms with van der Waals surface area (Å²) in [5.74, 6) is -1.31. The zero-order valence-electron chi connectivity index (χ0n) is 49.0. The number of imidazole rings is 2. The van der Waals surface area contributed by atoms with Gasteiger partial charge in [-0.15, -0.1) is 0 Å². The molecule has 8 aromatic rings. The number of benzene rings is 2. The zero-order valence-corrected chi connectivity index (χ0v) is 40.0. The normalized spacial score (nSPS) is 17.9. The Morgan fingerprint density at radius 3 is 1.57 bits per heavy atom. The van der Waals surface area contributed by atoms with Crippen molar-refractivity contribution in [1.82, 2.24) is 68.4 Å². The first-order valence-electron chi connectivity index (χ1n) is 26.8. The Hall–Kier alpha value is -8.24. The number of amides is 2. The second-order valence-corrected chi connectivity index (χ2v) is 16.9. The second-order valence-electron chi connectivity index (χ2n) is 16.9. The lowest BCUT2D eigenvalue weighted by atomic mass is 10.1. The van der Waals surface area contributed by atoms with Crippen LogP contribution in [0.2, 0.25) is 0 Å². The number of rotatable bonds is 14. The number of methoxy groups -OCH3 is 2. The summed E-state index contributed by atoms with van der Waals surface area (Å²) in [6.45, 7) is -1.64. The van der Waals surface area contributed by atoms with Gasteiger partial charge in [0.1, 0.15) is 34.7 Å². The first-order chi connectivity index (χ1) is 38.1. The van der Waals surface area contributed by atoms with Crippen LogP contribution in [0.4, 0.5) is 32.3 Å². The molecule has 372 valence electrons. The number of carbonyl (C=O) groups excluding carboxylic acids is 2. The molecule has 2 aromatic carbocycles. The Bertz CT molecular complexity index is 3700. The number of hydrogen-bond donors (Lipinski definition) is 2. The maximum atomic E-state index is 14.5. The number of aryl methyl sites for hydroxylation is 6. The Balaban J connectivity index is 0.000000197. The highest BCUT2D eigenvalue weighted by Gasteiger charge is 2.36. The number of halogens is 2. The SMILES string of the molecule is [2H]C([2H])([2H])OC([2H])([2H])C1Cn2cc(-c3nc(Nc4ccnn4C)ncc3C)nc2C(=O)N1C([2H])([2H])c1ccc(C)c(F)c1.[2H]C([2H])(c1ccc(C)c(F)c1)N1C(=O)c2nc(-c3nc(Nc4ccnn4C)ncc3C)cn2CC1COC. The van der Waals surface area contributed by atoms with Crippen molar-refractivity contribution < 1.29 is 40.2 Å². The summed E-state index contributed by atoms with van der Waals surface area (Å²) < 4.78 is 120. The Kier molecular flexibility index (Phi) is 11.0. The summed E-state index contributed by atoms with van der Waals surface area (Å²) in [4.78, 5) is 56.0.